The number of furan rings is 1. The van der Waals surface area contributed by atoms with Gasteiger partial charge in [-0.05, 0) is 41.5 Å². The van der Waals surface area contributed by atoms with Gasteiger partial charge in [-0.25, -0.2) is 4.79 Å². The van der Waals surface area contributed by atoms with E-state index in [2.05, 4.69) is 15.9 Å². The molecule has 0 spiro atoms. The van der Waals surface area contributed by atoms with Gasteiger partial charge < -0.3 is 18.8 Å². The van der Waals surface area contributed by atoms with Crippen molar-refractivity contribution in [2.24, 2.45) is 0 Å². The van der Waals surface area contributed by atoms with Crippen LogP contribution in [0.1, 0.15) is 27.2 Å². The standard InChI is InChI=1S/C23H20BrNO5/c1-28-20-9-8-18(24)11-17(20)14-30-23(27)19-12-15-5-2-3-6-16(15)13-25(19)22(26)21-7-4-10-29-21/h2-11,19H,12-14H2,1H3/t19-/m0/s1. The summed E-state index contributed by atoms with van der Waals surface area (Å²) in [4.78, 5) is 27.6. The van der Waals surface area contributed by atoms with E-state index in [1.165, 1.54) is 11.2 Å². The lowest BCUT2D eigenvalue weighted by Crippen LogP contribution is -2.49. The lowest BCUT2D eigenvalue weighted by Gasteiger charge is -2.34. The minimum Gasteiger partial charge on any atom is -0.496 e. The van der Waals surface area contributed by atoms with E-state index in [0.717, 1.165) is 21.2 Å². The highest BCUT2D eigenvalue weighted by Gasteiger charge is 2.37. The van der Waals surface area contributed by atoms with Gasteiger partial charge >= 0.3 is 5.97 Å². The number of benzene rings is 2. The maximum Gasteiger partial charge on any atom is 0.329 e. The molecule has 1 aliphatic rings. The molecule has 0 fully saturated rings. The van der Waals surface area contributed by atoms with E-state index in [1.807, 2.05) is 36.4 Å². The molecule has 2 aromatic carbocycles. The number of nitrogens with zero attached hydrogens (tertiary/aromatic N) is 1. The average molecular weight is 470 g/mol. The Hall–Kier alpha value is -3.06. The number of fused-ring (bicyclic) bond motifs is 1. The number of carbonyl (C=O) groups is 2. The van der Waals surface area contributed by atoms with Gasteiger partial charge in [0.25, 0.3) is 5.91 Å². The van der Waals surface area contributed by atoms with Crippen LogP contribution in [0, 0.1) is 0 Å². The number of methoxy groups -OCH3 is 1. The molecule has 1 aromatic heterocycles. The summed E-state index contributed by atoms with van der Waals surface area (Å²) in [6, 6.07) is 15.8. The largest absolute Gasteiger partial charge is 0.496 e. The van der Waals surface area contributed by atoms with E-state index >= 15 is 0 Å². The number of hydrogen-bond acceptors (Lipinski definition) is 5. The Balaban J connectivity index is 1.57. The highest BCUT2D eigenvalue weighted by molar-refractivity contribution is 9.10. The average Bonchev–Trinajstić information content (AvgIpc) is 3.31. The zero-order valence-electron chi connectivity index (χ0n) is 16.3. The lowest BCUT2D eigenvalue weighted by molar-refractivity contribution is -0.151. The van der Waals surface area contributed by atoms with E-state index in [-0.39, 0.29) is 18.3 Å². The Morgan fingerprint density at radius 2 is 1.93 bits per heavy atom. The Morgan fingerprint density at radius 3 is 2.67 bits per heavy atom. The summed E-state index contributed by atoms with van der Waals surface area (Å²) in [5.41, 5.74) is 2.78. The van der Waals surface area contributed by atoms with E-state index < -0.39 is 12.0 Å². The van der Waals surface area contributed by atoms with Gasteiger partial charge in [0.2, 0.25) is 0 Å². The van der Waals surface area contributed by atoms with E-state index in [1.54, 1.807) is 25.3 Å². The number of hydrogen-bond donors (Lipinski definition) is 0. The maximum atomic E-state index is 13.1. The normalized spacial score (nSPS) is 15.4. The molecule has 7 heteroatoms. The third kappa shape index (κ3) is 4.11. The summed E-state index contributed by atoms with van der Waals surface area (Å²) in [6.45, 7) is 0.359. The third-order valence-electron chi connectivity index (χ3n) is 5.13. The summed E-state index contributed by atoms with van der Waals surface area (Å²) >= 11 is 3.42. The molecule has 1 aliphatic heterocycles. The van der Waals surface area contributed by atoms with Gasteiger partial charge in [-0.1, -0.05) is 40.2 Å². The monoisotopic (exact) mass is 469 g/mol. The van der Waals surface area contributed by atoms with Gasteiger partial charge in [-0.3, -0.25) is 4.79 Å². The smallest absolute Gasteiger partial charge is 0.329 e. The predicted octanol–water partition coefficient (Wildman–Crippen LogP) is 4.36. The molecular weight excluding hydrogens is 450 g/mol. The molecule has 0 saturated carbocycles. The number of rotatable bonds is 5. The van der Waals surface area contributed by atoms with Gasteiger partial charge in [-0.2, -0.15) is 0 Å². The van der Waals surface area contributed by atoms with Crippen molar-refractivity contribution in [3.8, 4) is 5.75 Å². The molecule has 0 unspecified atom stereocenters. The summed E-state index contributed by atoms with van der Waals surface area (Å²) in [7, 11) is 1.57. The molecule has 154 valence electrons. The van der Waals surface area contributed by atoms with Crippen molar-refractivity contribution < 1.29 is 23.5 Å². The van der Waals surface area contributed by atoms with Gasteiger partial charge in [0.15, 0.2) is 5.76 Å². The molecule has 1 atom stereocenters. The molecule has 0 aliphatic carbocycles. The topological polar surface area (TPSA) is 69.0 Å². The minimum absolute atomic E-state index is 0.0440. The fourth-order valence-electron chi connectivity index (χ4n) is 3.59. The van der Waals surface area contributed by atoms with E-state index in [0.29, 0.717) is 18.7 Å². The van der Waals surface area contributed by atoms with Crippen LogP contribution in [0.25, 0.3) is 0 Å². The van der Waals surface area contributed by atoms with Gasteiger partial charge in [-0.15, -0.1) is 0 Å². The van der Waals surface area contributed by atoms with Crippen molar-refractivity contribution in [3.63, 3.8) is 0 Å². The quantitative estimate of drug-likeness (QED) is 0.519. The van der Waals surface area contributed by atoms with Crippen molar-refractivity contribution >= 4 is 27.8 Å². The molecule has 30 heavy (non-hydrogen) atoms. The van der Waals surface area contributed by atoms with Crippen molar-refractivity contribution in [3.05, 3.63) is 87.8 Å². The van der Waals surface area contributed by atoms with Crippen LogP contribution in [-0.4, -0.2) is 29.9 Å². The van der Waals surface area contributed by atoms with Crippen molar-refractivity contribution in [2.75, 3.05) is 7.11 Å². The van der Waals surface area contributed by atoms with Crippen LogP contribution in [0.2, 0.25) is 0 Å². The fourth-order valence-corrected chi connectivity index (χ4v) is 4.00. The van der Waals surface area contributed by atoms with Crippen LogP contribution >= 0.6 is 15.9 Å². The van der Waals surface area contributed by atoms with E-state index in [4.69, 9.17) is 13.9 Å². The zero-order chi connectivity index (χ0) is 21.1. The molecule has 6 nitrogen and oxygen atoms in total. The molecule has 0 N–H and O–H groups in total. The van der Waals surface area contributed by atoms with Crippen LogP contribution in [0.4, 0.5) is 0 Å². The predicted molar refractivity (Wildman–Crippen MR) is 113 cm³/mol. The first-order valence-corrected chi connectivity index (χ1v) is 10.3. The molecule has 0 radical (unpaired) electrons. The highest BCUT2D eigenvalue weighted by atomic mass is 79.9. The van der Waals surface area contributed by atoms with Gasteiger partial charge in [0, 0.05) is 23.0 Å². The SMILES string of the molecule is COc1ccc(Br)cc1COC(=O)[C@@H]1Cc2ccccc2CN1C(=O)c1ccco1. The fraction of sp³-hybridized carbons (Fsp3) is 0.217. The lowest BCUT2D eigenvalue weighted by atomic mass is 9.93. The summed E-state index contributed by atoms with van der Waals surface area (Å²) in [5, 5.41) is 0. The van der Waals surface area contributed by atoms with Crippen molar-refractivity contribution in [1.82, 2.24) is 4.90 Å². The molecule has 3 aromatic rings. The molecule has 4 rings (SSSR count). The Labute approximate surface area is 182 Å². The first-order valence-electron chi connectivity index (χ1n) is 9.47. The second-order valence-electron chi connectivity index (χ2n) is 6.96. The summed E-state index contributed by atoms with van der Waals surface area (Å²) in [6.07, 6.45) is 1.83. The highest BCUT2D eigenvalue weighted by Crippen LogP contribution is 2.27. The van der Waals surface area contributed by atoms with Crippen LogP contribution in [0.5, 0.6) is 5.75 Å². The molecule has 2 heterocycles. The number of esters is 1. The van der Waals surface area contributed by atoms with Crippen LogP contribution in [0.15, 0.2) is 69.8 Å². The number of halogens is 1. The number of ether oxygens (including phenoxy) is 2. The zero-order valence-corrected chi connectivity index (χ0v) is 17.9. The maximum absolute atomic E-state index is 13.1. The molecule has 1 amide bonds. The first-order chi connectivity index (χ1) is 14.6. The van der Waals surface area contributed by atoms with Crippen molar-refractivity contribution in [2.45, 2.75) is 25.6 Å². The van der Waals surface area contributed by atoms with Crippen LogP contribution in [0.3, 0.4) is 0 Å². The molecular formula is C23H20BrNO5. The minimum atomic E-state index is -0.740. The number of carbonyl (C=O) groups excluding carboxylic acids is 2. The Morgan fingerprint density at radius 1 is 1.13 bits per heavy atom. The Bertz CT molecular complexity index is 1060. The third-order valence-corrected chi connectivity index (χ3v) is 5.62. The molecule has 0 bridgehead atoms. The van der Waals surface area contributed by atoms with Crippen LogP contribution < -0.4 is 4.74 Å². The second kappa shape index (κ2) is 8.75. The Kier molecular flexibility index (Phi) is 5.90. The van der Waals surface area contributed by atoms with E-state index in [9.17, 15) is 9.59 Å². The van der Waals surface area contributed by atoms with Crippen molar-refractivity contribution in [1.29, 1.82) is 0 Å². The second-order valence-corrected chi connectivity index (χ2v) is 7.88. The van der Waals surface area contributed by atoms with Gasteiger partial charge in [0.1, 0.15) is 18.4 Å². The van der Waals surface area contributed by atoms with Crippen LogP contribution in [-0.2, 0) is 29.1 Å². The first kappa shape index (κ1) is 20.2. The van der Waals surface area contributed by atoms with Gasteiger partial charge in [0.05, 0.1) is 13.4 Å². The summed E-state index contributed by atoms with van der Waals surface area (Å²) < 4.78 is 17.1. The number of amides is 1. The summed E-state index contributed by atoms with van der Waals surface area (Å²) in [5.74, 6) is 0.0206. The molecule has 0 saturated heterocycles.